The van der Waals surface area contributed by atoms with Crippen LogP contribution in [0.3, 0.4) is 0 Å². The Morgan fingerprint density at radius 3 is 2.42 bits per heavy atom. The third kappa shape index (κ3) is 3.47. The van der Waals surface area contributed by atoms with Crippen LogP contribution in [0.15, 0.2) is 12.1 Å². The third-order valence-electron chi connectivity index (χ3n) is 3.09. The van der Waals surface area contributed by atoms with Crippen molar-refractivity contribution in [2.24, 2.45) is 5.41 Å². The molecule has 1 amide bonds. The first-order valence-electron chi connectivity index (χ1n) is 5.83. The molecule has 1 aromatic rings. The average Bonchev–Trinajstić information content (AvgIpc) is 2.34. The highest BCUT2D eigenvalue weighted by molar-refractivity contribution is 5.80. The molecule has 0 unspecified atom stereocenters. The average molecular weight is 275 g/mol. The van der Waals surface area contributed by atoms with E-state index < -0.39 is 40.9 Å². The maximum Gasteiger partial charge on any atom is 0.251 e. The van der Waals surface area contributed by atoms with Crippen molar-refractivity contribution in [1.82, 2.24) is 5.06 Å². The number of amides is 1. The summed E-state index contributed by atoms with van der Waals surface area (Å²) in [7, 11) is 0. The first kappa shape index (κ1) is 15.5. The molecule has 0 atom stereocenters. The Kier molecular flexibility index (Phi) is 4.57. The fraction of sp³-hybridized carbons (Fsp3) is 0.462. The van der Waals surface area contributed by atoms with E-state index in [0.29, 0.717) is 12.5 Å². The molecule has 1 rings (SSSR count). The summed E-state index contributed by atoms with van der Waals surface area (Å²) >= 11 is 0. The second-order valence-corrected chi connectivity index (χ2v) is 4.96. The van der Waals surface area contributed by atoms with E-state index in [1.807, 2.05) is 0 Å². The van der Waals surface area contributed by atoms with Gasteiger partial charge in [0.05, 0.1) is 6.54 Å². The molecule has 1 aromatic carbocycles. The van der Waals surface area contributed by atoms with Crippen molar-refractivity contribution < 1.29 is 23.2 Å². The van der Waals surface area contributed by atoms with E-state index in [9.17, 15) is 23.2 Å². The van der Waals surface area contributed by atoms with Gasteiger partial charge in [0.2, 0.25) is 0 Å². The maximum absolute atomic E-state index is 13.4. The molecule has 19 heavy (non-hydrogen) atoms. The molecule has 6 heteroatoms. The lowest BCUT2D eigenvalue weighted by atomic mass is 9.89. The molecule has 0 spiro atoms. The van der Waals surface area contributed by atoms with Gasteiger partial charge >= 0.3 is 0 Å². The smallest absolute Gasteiger partial charge is 0.251 e. The molecule has 0 bridgehead atoms. The molecule has 3 nitrogen and oxygen atoms in total. The van der Waals surface area contributed by atoms with Crippen LogP contribution in [0, 0.1) is 22.9 Å². The highest BCUT2D eigenvalue weighted by Gasteiger charge is 2.30. The van der Waals surface area contributed by atoms with Gasteiger partial charge < -0.3 is 0 Å². The summed E-state index contributed by atoms with van der Waals surface area (Å²) in [5, 5.41) is 9.89. The van der Waals surface area contributed by atoms with Crippen LogP contribution >= 0.6 is 0 Å². The number of hydroxylamine groups is 2. The predicted molar refractivity (Wildman–Crippen MR) is 62.7 cm³/mol. The van der Waals surface area contributed by atoms with Crippen molar-refractivity contribution in [3.63, 3.8) is 0 Å². The first-order valence-corrected chi connectivity index (χ1v) is 5.83. The van der Waals surface area contributed by atoms with E-state index in [-0.39, 0.29) is 5.06 Å². The van der Waals surface area contributed by atoms with Gasteiger partial charge in [-0.25, -0.2) is 18.2 Å². The summed E-state index contributed by atoms with van der Waals surface area (Å²) in [4.78, 5) is 11.8. The predicted octanol–water partition coefficient (Wildman–Crippen LogP) is 3.26. The molecule has 0 aliphatic carbocycles. The van der Waals surface area contributed by atoms with Crippen molar-refractivity contribution >= 4 is 5.91 Å². The van der Waals surface area contributed by atoms with Crippen molar-refractivity contribution in [2.75, 3.05) is 0 Å². The summed E-state index contributed by atoms with van der Waals surface area (Å²) in [6.45, 7) is 4.37. The molecular formula is C13H16F3NO2. The molecule has 0 saturated heterocycles. The monoisotopic (exact) mass is 275 g/mol. The van der Waals surface area contributed by atoms with Crippen LogP contribution in [0.5, 0.6) is 0 Å². The Balaban J connectivity index is 2.95. The number of nitrogens with zero attached hydrogens (tertiary/aromatic N) is 1. The summed E-state index contributed by atoms with van der Waals surface area (Å²) in [5.74, 6) is -4.24. The SMILES string of the molecule is CCC(C)(C)C(=O)N(O)Cc1cc(F)cc(F)c1F. The number of rotatable bonds is 4. The molecule has 0 heterocycles. The second kappa shape index (κ2) is 5.61. The van der Waals surface area contributed by atoms with Crippen LogP contribution in [0.4, 0.5) is 13.2 Å². The van der Waals surface area contributed by atoms with Gasteiger partial charge in [-0.15, -0.1) is 0 Å². The van der Waals surface area contributed by atoms with Gasteiger partial charge in [0.1, 0.15) is 5.82 Å². The normalized spacial score (nSPS) is 11.5. The molecule has 0 fully saturated rings. The van der Waals surface area contributed by atoms with E-state index in [4.69, 9.17) is 0 Å². The Morgan fingerprint density at radius 1 is 1.32 bits per heavy atom. The highest BCUT2D eigenvalue weighted by atomic mass is 19.2. The van der Waals surface area contributed by atoms with Gasteiger partial charge in [-0.05, 0) is 12.5 Å². The number of hydrogen-bond donors (Lipinski definition) is 1. The number of benzene rings is 1. The Labute approximate surface area is 109 Å². The standard InChI is InChI=1S/C13H16F3NO2/c1-4-13(2,3)12(18)17(19)7-8-5-9(14)6-10(15)11(8)16/h5-6,19H,4,7H2,1-3H3. The maximum atomic E-state index is 13.4. The highest BCUT2D eigenvalue weighted by Crippen LogP contribution is 2.24. The molecule has 0 radical (unpaired) electrons. The van der Waals surface area contributed by atoms with Gasteiger partial charge in [0.25, 0.3) is 5.91 Å². The molecule has 0 aromatic heterocycles. The van der Waals surface area contributed by atoms with E-state index in [1.165, 1.54) is 0 Å². The fourth-order valence-corrected chi connectivity index (χ4v) is 1.46. The lowest BCUT2D eigenvalue weighted by molar-refractivity contribution is -0.178. The third-order valence-corrected chi connectivity index (χ3v) is 3.09. The number of hydrogen-bond acceptors (Lipinski definition) is 2. The number of halogens is 3. The summed E-state index contributed by atoms with van der Waals surface area (Å²) < 4.78 is 39.4. The van der Waals surface area contributed by atoms with Crippen molar-refractivity contribution in [3.05, 3.63) is 35.1 Å². The Morgan fingerprint density at radius 2 is 1.89 bits per heavy atom. The van der Waals surface area contributed by atoms with Crippen LogP contribution in [0.2, 0.25) is 0 Å². The fourth-order valence-electron chi connectivity index (χ4n) is 1.46. The minimum absolute atomic E-state index is 0.279. The Hall–Kier alpha value is -1.56. The zero-order valence-corrected chi connectivity index (χ0v) is 11.0. The number of carbonyl (C=O) groups excluding carboxylic acids is 1. The topological polar surface area (TPSA) is 40.5 Å². The van der Waals surface area contributed by atoms with Crippen LogP contribution in [0.1, 0.15) is 32.8 Å². The zero-order valence-electron chi connectivity index (χ0n) is 11.0. The minimum atomic E-state index is -1.36. The van der Waals surface area contributed by atoms with Crippen LogP contribution in [-0.4, -0.2) is 16.2 Å². The largest absolute Gasteiger partial charge is 0.286 e. The van der Waals surface area contributed by atoms with Gasteiger partial charge in [0.15, 0.2) is 11.6 Å². The van der Waals surface area contributed by atoms with Gasteiger partial charge in [-0.1, -0.05) is 20.8 Å². The molecule has 0 aliphatic rings. The summed E-state index contributed by atoms with van der Waals surface area (Å²) in [5.41, 5.74) is -1.25. The van der Waals surface area contributed by atoms with Crippen LogP contribution < -0.4 is 0 Å². The first-order chi connectivity index (χ1) is 8.69. The lowest BCUT2D eigenvalue weighted by Crippen LogP contribution is -2.38. The van der Waals surface area contributed by atoms with Crippen molar-refractivity contribution in [3.8, 4) is 0 Å². The van der Waals surface area contributed by atoms with Gasteiger partial charge in [-0.3, -0.25) is 10.0 Å². The molecule has 0 saturated carbocycles. The minimum Gasteiger partial charge on any atom is -0.286 e. The van der Waals surface area contributed by atoms with Crippen LogP contribution in [0.25, 0.3) is 0 Å². The van der Waals surface area contributed by atoms with Crippen LogP contribution in [-0.2, 0) is 11.3 Å². The number of carbonyl (C=O) groups is 1. The Bertz CT molecular complexity index is 489. The summed E-state index contributed by atoms with van der Waals surface area (Å²) in [6, 6.07) is 1.15. The second-order valence-electron chi connectivity index (χ2n) is 4.96. The van der Waals surface area contributed by atoms with E-state index >= 15 is 0 Å². The van der Waals surface area contributed by atoms with E-state index in [1.54, 1.807) is 20.8 Å². The summed E-state index contributed by atoms with van der Waals surface area (Å²) in [6.07, 6.45) is 0.461. The van der Waals surface area contributed by atoms with Crippen molar-refractivity contribution in [2.45, 2.75) is 33.7 Å². The molecule has 0 aliphatic heterocycles. The molecular weight excluding hydrogens is 259 g/mol. The zero-order chi connectivity index (χ0) is 14.8. The van der Waals surface area contributed by atoms with Gasteiger partial charge in [0, 0.05) is 17.0 Å². The molecule has 1 N–H and O–H groups in total. The van der Waals surface area contributed by atoms with E-state index in [0.717, 1.165) is 6.07 Å². The molecule has 106 valence electrons. The quantitative estimate of drug-likeness (QED) is 0.520. The van der Waals surface area contributed by atoms with Crippen molar-refractivity contribution in [1.29, 1.82) is 0 Å². The van der Waals surface area contributed by atoms with E-state index in [2.05, 4.69) is 0 Å². The lowest BCUT2D eigenvalue weighted by Gasteiger charge is -2.26. The van der Waals surface area contributed by atoms with Gasteiger partial charge in [-0.2, -0.15) is 0 Å².